The van der Waals surface area contributed by atoms with Gasteiger partial charge in [0.1, 0.15) is 0 Å². The van der Waals surface area contributed by atoms with Crippen molar-refractivity contribution in [3.8, 4) is 0 Å². The molecule has 6 nitrogen and oxygen atoms in total. The van der Waals surface area contributed by atoms with E-state index in [2.05, 4.69) is 36.4 Å². The van der Waals surface area contributed by atoms with E-state index >= 15 is 0 Å². The molecular weight excluding hydrogens is 429 g/mol. The van der Waals surface area contributed by atoms with Crippen LogP contribution in [0.4, 0.5) is 0 Å². The lowest BCUT2D eigenvalue weighted by Gasteiger charge is -2.59. The Labute approximate surface area is 157 Å². The first-order valence-electron chi connectivity index (χ1n) is 7.96. The van der Waals surface area contributed by atoms with Crippen LogP contribution < -0.4 is 10.6 Å². The van der Waals surface area contributed by atoms with Gasteiger partial charge in [-0.25, -0.2) is 8.42 Å². The molecule has 1 aliphatic carbocycles. The fourth-order valence-electron chi connectivity index (χ4n) is 3.28. The molecule has 0 aromatic heterocycles. The van der Waals surface area contributed by atoms with Gasteiger partial charge in [0.05, 0.1) is 17.1 Å². The molecular formula is C15H30IN3O3S. The summed E-state index contributed by atoms with van der Waals surface area (Å²) in [7, 11) is -1.14. The summed E-state index contributed by atoms with van der Waals surface area (Å²) in [5.41, 5.74) is -0.154. The van der Waals surface area contributed by atoms with Crippen molar-refractivity contribution in [2.24, 2.45) is 10.4 Å². The smallest absolute Gasteiger partial charge is 0.191 e. The van der Waals surface area contributed by atoms with Gasteiger partial charge in [-0.1, -0.05) is 13.8 Å². The van der Waals surface area contributed by atoms with Crippen molar-refractivity contribution in [1.29, 1.82) is 0 Å². The fourth-order valence-corrected chi connectivity index (χ4v) is 4.95. The first-order chi connectivity index (χ1) is 10.1. The summed E-state index contributed by atoms with van der Waals surface area (Å²) < 4.78 is 28.8. The SMILES string of the molecule is CCN=C(NC1CCS(=O)(=O)C1)NC1CC(C)(OC)C1(C)C.I. The average molecular weight is 459 g/mol. The van der Waals surface area contributed by atoms with Gasteiger partial charge < -0.3 is 15.4 Å². The van der Waals surface area contributed by atoms with Crippen molar-refractivity contribution in [3.05, 3.63) is 0 Å². The van der Waals surface area contributed by atoms with E-state index in [0.29, 0.717) is 18.9 Å². The zero-order valence-electron chi connectivity index (χ0n) is 14.7. The van der Waals surface area contributed by atoms with Gasteiger partial charge in [-0.2, -0.15) is 0 Å². The number of sulfone groups is 1. The third-order valence-corrected chi connectivity index (χ3v) is 7.25. The Balaban J connectivity index is 0.00000264. The zero-order valence-corrected chi connectivity index (χ0v) is 17.8. The number of ether oxygens (including phenoxy) is 1. The second-order valence-electron chi connectivity index (χ2n) is 7.12. The van der Waals surface area contributed by atoms with E-state index in [9.17, 15) is 8.42 Å². The number of hydrogen-bond donors (Lipinski definition) is 2. The number of methoxy groups -OCH3 is 1. The van der Waals surface area contributed by atoms with Crippen molar-refractivity contribution < 1.29 is 13.2 Å². The Hall–Kier alpha value is -0.0900. The fraction of sp³-hybridized carbons (Fsp3) is 0.933. The van der Waals surface area contributed by atoms with E-state index in [4.69, 9.17) is 4.74 Å². The maximum atomic E-state index is 11.6. The van der Waals surface area contributed by atoms with E-state index in [1.807, 2.05) is 6.92 Å². The number of aliphatic imine (C=N–C) groups is 1. The molecule has 136 valence electrons. The molecule has 0 aromatic rings. The third kappa shape index (κ3) is 4.31. The van der Waals surface area contributed by atoms with Crippen LogP contribution in [-0.4, -0.2) is 57.2 Å². The van der Waals surface area contributed by atoms with Gasteiger partial charge in [-0.3, -0.25) is 4.99 Å². The highest BCUT2D eigenvalue weighted by molar-refractivity contribution is 14.0. The lowest BCUT2D eigenvalue weighted by atomic mass is 9.56. The molecule has 1 saturated carbocycles. The number of hydrogen-bond acceptors (Lipinski definition) is 4. The summed E-state index contributed by atoms with van der Waals surface area (Å²) in [5, 5.41) is 6.73. The van der Waals surface area contributed by atoms with Crippen LogP contribution in [0.1, 0.15) is 40.5 Å². The third-order valence-electron chi connectivity index (χ3n) is 5.48. The van der Waals surface area contributed by atoms with Crippen LogP contribution in [0.25, 0.3) is 0 Å². The van der Waals surface area contributed by atoms with Crippen LogP contribution in [0.3, 0.4) is 0 Å². The molecule has 0 aromatic carbocycles. The normalized spacial score (nSPS) is 35.1. The molecule has 2 N–H and O–H groups in total. The summed E-state index contributed by atoms with van der Waals surface area (Å²) in [4.78, 5) is 4.46. The van der Waals surface area contributed by atoms with Crippen LogP contribution in [0.2, 0.25) is 0 Å². The van der Waals surface area contributed by atoms with Gasteiger partial charge in [-0.15, -0.1) is 24.0 Å². The molecule has 3 unspecified atom stereocenters. The molecule has 0 bridgehead atoms. The first kappa shape index (κ1) is 21.0. The molecule has 2 rings (SSSR count). The summed E-state index contributed by atoms with van der Waals surface area (Å²) in [5.74, 6) is 1.17. The molecule has 1 heterocycles. The molecule has 1 saturated heterocycles. The Kier molecular flexibility index (Phi) is 6.77. The highest BCUT2D eigenvalue weighted by atomic mass is 127. The van der Waals surface area contributed by atoms with Crippen molar-refractivity contribution in [3.63, 3.8) is 0 Å². The lowest BCUT2D eigenvalue weighted by Crippen LogP contribution is -2.69. The van der Waals surface area contributed by atoms with E-state index in [1.165, 1.54) is 0 Å². The minimum Gasteiger partial charge on any atom is -0.378 e. The number of halogens is 1. The largest absolute Gasteiger partial charge is 0.378 e. The second-order valence-corrected chi connectivity index (χ2v) is 9.35. The van der Waals surface area contributed by atoms with E-state index < -0.39 is 9.84 Å². The van der Waals surface area contributed by atoms with Gasteiger partial charge in [0.15, 0.2) is 15.8 Å². The Morgan fingerprint density at radius 3 is 2.39 bits per heavy atom. The second kappa shape index (κ2) is 7.43. The topological polar surface area (TPSA) is 79.8 Å². The standard InChI is InChI=1S/C15H29N3O3S.HI/c1-6-16-13(17-11-7-8-22(19,20)10-11)18-12-9-15(4,21-5)14(12,2)3;/h11-12H,6-10H2,1-5H3,(H2,16,17,18);1H. The zero-order chi connectivity index (χ0) is 16.6. The van der Waals surface area contributed by atoms with Crippen LogP contribution >= 0.6 is 24.0 Å². The Morgan fingerprint density at radius 1 is 1.30 bits per heavy atom. The molecule has 23 heavy (non-hydrogen) atoms. The highest BCUT2D eigenvalue weighted by Crippen LogP contribution is 2.51. The molecule has 0 radical (unpaired) electrons. The van der Waals surface area contributed by atoms with Crippen molar-refractivity contribution in [2.45, 2.75) is 58.2 Å². The predicted molar refractivity (Wildman–Crippen MR) is 104 cm³/mol. The molecule has 0 spiro atoms. The minimum absolute atomic E-state index is 0. The van der Waals surface area contributed by atoms with Gasteiger partial charge in [0.25, 0.3) is 0 Å². The van der Waals surface area contributed by atoms with E-state index in [0.717, 1.165) is 6.42 Å². The predicted octanol–water partition coefficient (Wildman–Crippen LogP) is 1.55. The Bertz CT molecular complexity index is 550. The van der Waals surface area contributed by atoms with Gasteiger partial charge in [0, 0.05) is 31.2 Å². The van der Waals surface area contributed by atoms with Crippen LogP contribution in [0.5, 0.6) is 0 Å². The summed E-state index contributed by atoms with van der Waals surface area (Å²) >= 11 is 0. The van der Waals surface area contributed by atoms with Crippen LogP contribution in [0.15, 0.2) is 4.99 Å². The molecule has 8 heteroatoms. The number of nitrogens with zero attached hydrogens (tertiary/aromatic N) is 1. The highest BCUT2D eigenvalue weighted by Gasteiger charge is 2.58. The number of guanidine groups is 1. The first-order valence-corrected chi connectivity index (χ1v) is 9.79. The van der Waals surface area contributed by atoms with E-state index in [1.54, 1.807) is 7.11 Å². The van der Waals surface area contributed by atoms with Crippen molar-refractivity contribution in [1.82, 2.24) is 10.6 Å². The molecule has 3 atom stereocenters. The monoisotopic (exact) mass is 459 g/mol. The van der Waals surface area contributed by atoms with Crippen molar-refractivity contribution in [2.75, 3.05) is 25.2 Å². The van der Waals surface area contributed by atoms with Gasteiger partial charge >= 0.3 is 0 Å². The summed E-state index contributed by atoms with van der Waals surface area (Å²) in [6.07, 6.45) is 1.56. The average Bonchev–Trinajstić information content (AvgIpc) is 2.77. The minimum atomic E-state index is -2.89. The van der Waals surface area contributed by atoms with Crippen LogP contribution in [-0.2, 0) is 14.6 Å². The molecule has 2 fully saturated rings. The Morgan fingerprint density at radius 2 is 1.96 bits per heavy atom. The quantitative estimate of drug-likeness (QED) is 0.379. The van der Waals surface area contributed by atoms with Crippen LogP contribution in [0, 0.1) is 5.41 Å². The maximum Gasteiger partial charge on any atom is 0.191 e. The molecule has 0 amide bonds. The molecule has 2 aliphatic rings. The lowest BCUT2D eigenvalue weighted by molar-refractivity contribution is -0.176. The number of nitrogens with one attached hydrogen (secondary N) is 2. The summed E-state index contributed by atoms with van der Waals surface area (Å²) in [6.45, 7) is 9.12. The summed E-state index contributed by atoms with van der Waals surface area (Å²) in [6, 6.07) is 0.216. The van der Waals surface area contributed by atoms with Gasteiger partial charge in [0.2, 0.25) is 0 Å². The van der Waals surface area contributed by atoms with Gasteiger partial charge in [-0.05, 0) is 26.7 Å². The maximum absolute atomic E-state index is 11.6. The van der Waals surface area contributed by atoms with Crippen molar-refractivity contribution >= 4 is 39.8 Å². The van der Waals surface area contributed by atoms with E-state index in [-0.39, 0.29) is 58.6 Å². The number of rotatable bonds is 4. The molecule has 1 aliphatic heterocycles.